The van der Waals surface area contributed by atoms with Crippen molar-refractivity contribution in [1.82, 2.24) is 15.5 Å². The minimum absolute atomic E-state index is 0.0547. The number of methoxy groups -OCH3 is 1. The highest BCUT2D eigenvalue weighted by Gasteiger charge is 2.26. The van der Waals surface area contributed by atoms with Crippen molar-refractivity contribution in [1.29, 1.82) is 0 Å². The first-order chi connectivity index (χ1) is 8.70. The molecule has 1 aliphatic rings. The molecule has 1 fully saturated rings. The van der Waals surface area contributed by atoms with Gasteiger partial charge in [-0.15, -0.1) is 0 Å². The van der Waals surface area contributed by atoms with Crippen molar-refractivity contribution in [2.75, 3.05) is 13.7 Å². The Labute approximate surface area is 105 Å². The fourth-order valence-electron chi connectivity index (χ4n) is 1.53. The third kappa shape index (κ3) is 3.51. The lowest BCUT2D eigenvalue weighted by Gasteiger charge is -2.04. The molecule has 0 aromatic carbocycles. The monoisotopic (exact) mass is 254 g/mol. The van der Waals surface area contributed by atoms with Gasteiger partial charge in [-0.25, -0.2) is 0 Å². The van der Waals surface area contributed by atoms with Gasteiger partial charge in [0.05, 0.1) is 6.04 Å². The second-order valence-electron chi connectivity index (χ2n) is 4.45. The van der Waals surface area contributed by atoms with Crippen molar-refractivity contribution in [2.24, 2.45) is 5.73 Å². The molecule has 1 amide bonds. The average molecular weight is 254 g/mol. The van der Waals surface area contributed by atoms with Gasteiger partial charge >= 0.3 is 0 Å². The molecule has 2 rings (SSSR count). The fraction of sp³-hybridized carbons (Fsp3) is 0.727. The maximum atomic E-state index is 11.6. The molecule has 1 unspecified atom stereocenters. The first kappa shape index (κ1) is 13.0. The van der Waals surface area contributed by atoms with E-state index in [1.807, 2.05) is 0 Å². The number of aromatic nitrogens is 2. The predicted octanol–water partition coefficient (Wildman–Crippen LogP) is 0.388. The Morgan fingerprint density at radius 3 is 3.11 bits per heavy atom. The van der Waals surface area contributed by atoms with Crippen molar-refractivity contribution >= 4 is 5.91 Å². The molecule has 18 heavy (non-hydrogen) atoms. The normalized spacial score (nSPS) is 16.6. The van der Waals surface area contributed by atoms with Gasteiger partial charge in [0, 0.05) is 19.8 Å². The Morgan fingerprint density at radius 2 is 2.44 bits per heavy atom. The summed E-state index contributed by atoms with van der Waals surface area (Å²) in [6, 6.07) is -0.0787. The summed E-state index contributed by atoms with van der Waals surface area (Å²) < 4.78 is 9.93. The topological polar surface area (TPSA) is 103 Å². The summed E-state index contributed by atoms with van der Waals surface area (Å²) in [6.07, 6.45) is 3.53. The van der Waals surface area contributed by atoms with Crippen LogP contribution in [0.25, 0.3) is 0 Å². The minimum atomic E-state index is -0.352. The molecule has 0 bridgehead atoms. The molecule has 0 aliphatic heterocycles. The molecule has 0 saturated heterocycles. The number of nitrogens with two attached hydrogens (primary N) is 1. The minimum Gasteiger partial charge on any atom is -0.385 e. The smallest absolute Gasteiger partial charge is 0.292 e. The highest BCUT2D eigenvalue weighted by Crippen LogP contribution is 2.19. The van der Waals surface area contributed by atoms with E-state index in [-0.39, 0.29) is 23.8 Å². The van der Waals surface area contributed by atoms with Gasteiger partial charge in [0.1, 0.15) is 0 Å². The largest absolute Gasteiger partial charge is 0.385 e. The van der Waals surface area contributed by atoms with E-state index < -0.39 is 0 Å². The summed E-state index contributed by atoms with van der Waals surface area (Å²) in [7, 11) is 1.64. The molecule has 1 saturated carbocycles. The maximum Gasteiger partial charge on any atom is 0.292 e. The van der Waals surface area contributed by atoms with Gasteiger partial charge < -0.3 is 20.3 Å². The first-order valence-corrected chi connectivity index (χ1v) is 6.09. The van der Waals surface area contributed by atoms with Gasteiger partial charge in [0.25, 0.3) is 11.7 Å². The van der Waals surface area contributed by atoms with Crippen LogP contribution in [-0.2, 0) is 4.74 Å². The van der Waals surface area contributed by atoms with E-state index in [0.717, 1.165) is 19.3 Å². The number of nitrogens with zero attached hydrogens (tertiary/aromatic N) is 2. The van der Waals surface area contributed by atoms with Crippen LogP contribution in [0.5, 0.6) is 0 Å². The number of rotatable bonds is 7. The Kier molecular flexibility index (Phi) is 4.27. The van der Waals surface area contributed by atoms with Crippen molar-refractivity contribution in [3.8, 4) is 0 Å². The van der Waals surface area contributed by atoms with Crippen LogP contribution in [0, 0.1) is 0 Å². The maximum absolute atomic E-state index is 11.6. The number of carbonyl (C=O) groups is 1. The summed E-state index contributed by atoms with van der Waals surface area (Å²) in [4.78, 5) is 15.6. The SMILES string of the molecule is COCCCC(N)c1nc(C(=O)NC2CC2)no1. The molecule has 7 heteroatoms. The summed E-state index contributed by atoms with van der Waals surface area (Å²) in [5, 5.41) is 6.43. The van der Waals surface area contributed by atoms with Crippen molar-refractivity contribution in [3.63, 3.8) is 0 Å². The van der Waals surface area contributed by atoms with E-state index in [1.54, 1.807) is 7.11 Å². The number of hydrogen-bond acceptors (Lipinski definition) is 6. The standard InChI is InChI=1S/C11H18N4O3/c1-17-6-2-3-8(12)11-14-9(15-18-11)10(16)13-7-4-5-7/h7-8H,2-6,12H2,1H3,(H,13,16). The average Bonchev–Trinajstić information content (AvgIpc) is 3.02. The Balaban J connectivity index is 1.85. The van der Waals surface area contributed by atoms with Crippen molar-refractivity contribution in [3.05, 3.63) is 11.7 Å². The van der Waals surface area contributed by atoms with Crippen LogP contribution >= 0.6 is 0 Å². The predicted molar refractivity (Wildman–Crippen MR) is 62.8 cm³/mol. The summed E-state index contributed by atoms with van der Waals surface area (Å²) in [5.74, 6) is 0.0581. The third-order valence-electron chi connectivity index (χ3n) is 2.74. The van der Waals surface area contributed by atoms with Gasteiger partial charge in [-0.2, -0.15) is 4.98 Å². The number of ether oxygens (including phenoxy) is 1. The van der Waals surface area contributed by atoms with Gasteiger partial charge in [0.2, 0.25) is 5.89 Å². The second kappa shape index (κ2) is 5.92. The Hall–Kier alpha value is -1.47. The summed E-state index contributed by atoms with van der Waals surface area (Å²) in [6.45, 7) is 0.636. The fourth-order valence-corrected chi connectivity index (χ4v) is 1.53. The Bertz CT molecular complexity index is 403. The molecule has 1 aromatic rings. The number of amides is 1. The zero-order chi connectivity index (χ0) is 13.0. The van der Waals surface area contributed by atoms with E-state index in [0.29, 0.717) is 18.9 Å². The van der Waals surface area contributed by atoms with Crippen molar-refractivity contribution < 1.29 is 14.1 Å². The van der Waals surface area contributed by atoms with Gasteiger partial charge in [0.15, 0.2) is 0 Å². The van der Waals surface area contributed by atoms with Crippen LogP contribution in [0.4, 0.5) is 0 Å². The van der Waals surface area contributed by atoms with E-state index in [4.69, 9.17) is 15.0 Å². The molecule has 1 aliphatic carbocycles. The van der Waals surface area contributed by atoms with E-state index in [9.17, 15) is 4.79 Å². The molecule has 0 radical (unpaired) electrons. The summed E-state index contributed by atoms with van der Waals surface area (Å²) in [5.41, 5.74) is 5.88. The van der Waals surface area contributed by atoms with Crippen LogP contribution in [0.15, 0.2) is 4.52 Å². The van der Waals surface area contributed by atoms with E-state index in [1.165, 1.54) is 0 Å². The van der Waals surface area contributed by atoms with E-state index >= 15 is 0 Å². The third-order valence-corrected chi connectivity index (χ3v) is 2.74. The van der Waals surface area contributed by atoms with E-state index in [2.05, 4.69) is 15.5 Å². The van der Waals surface area contributed by atoms with Crippen LogP contribution in [-0.4, -0.2) is 35.8 Å². The molecule has 7 nitrogen and oxygen atoms in total. The van der Waals surface area contributed by atoms with Crippen LogP contribution < -0.4 is 11.1 Å². The quantitative estimate of drug-likeness (QED) is 0.682. The number of hydrogen-bond donors (Lipinski definition) is 2. The molecular formula is C11H18N4O3. The molecule has 1 heterocycles. The lowest BCUT2D eigenvalue weighted by molar-refractivity contribution is 0.0937. The molecule has 3 N–H and O–H groups in total. The molecule has 1 atom stereocenters. The van der Waals surface area contributed by atoms with Gasteiger partial charge in [-0.05, 0) is 25.7 Å². The summed E-state index contributed by atoms with van der Waals surface area (Å²) >= 11 is 0. The zero-order valence-electron chi connectivity index (χ0n) is 10.4. The molecule has 0 spiro atoms. The van der Waals surface area contributed by atoms with Crippen LogP contribution in [0.2, 0.25) is 0 Å². The van der Waals surface area contributed by atoms with Gasteiger partial charge in [-0.1, -0.05) is 5.16 Å². The lowest BCUT2D eigenvalue weighted by Crippen LogP contribution is -2.26. The second-order valence-corrected chi connectivity index (χ2v) is 4.45. The Morgan fingerprint density at radius 1 is 1.67 bits per heavy atom. The number of nitrogens with one attached hydrogen (secondary N) is 1. The highest BCUT2D eigenvalue weighted by atomic mass is 16.5. The number of carbonyl (C=O) groups excluding carboxylic acids is 1. The van der Waals surface area contributed by atoms with Crippen LogP contribution in [0.1, 0.15) is 48.2 Å². The highest BCUT2D eigenvalue weighted by molar-refractivity contribution is 5.90. The molecular weight excluding hydrogens is 236 g/mol. The van der Waals surface area contributed by atoms with Crippen molar-refractivity contribution in [2.45, 2.75) is 37.8 Å². The van der Waals surface area contributed by atoms with Crippen LogP contribution in [0.3, 0.4) is 0 Å². The zero-order valence-corrected chi connectivity index (χ0v) is 10.4. The first-order valence-electron chi connectivity index (χ1n) is 6.09. The lowest BCUT2D eigenvalue weighted by atomic mass is 10.2. The van der Waals surface area contributed by atoms with Gasteiger partial charge in [-0.3, -0.25) is 4.79 Å². The molecule has 1 aromatic heterocycles. The molecule has 100 valence electrons.